The molecule has 0 saturated carbocycles. The van der Waals surface area contributed by atoms with Gasteiger partial charge in [0.2, 0.25) is 0 Å². The minimum atomic E-state index is -0.389. The molecule has 0 aliphatic carbocycles. The fraction of sp³-hybridized carbons (Fsp3) is 0.263. The van der Waals surface area contributed by atoms with Crippen molar-refractivity contribution in [3.8, 4) is 6.07 Å². The van der Waals surface area contributed by atoms with Crippen molar-refractivity contribution in [1.29, 1.82) is 5.26 Å². The van der Waals surface area contributed by atoms with E-state index in [9.17, 15) is 5.26 Å². The van der Waals surface area contributed by atoms with Gasteiger partial charge in [-0.05, 0) is 53.9 Å². The summed E-state index contributed by atoms with van der Waals surface area (Å²) in [7, 11) is 0. The largest absolute Gasteiger partial charge is 0.362 e. The molecule has 0 spiro atoms. The maximum atomic E-state index is 9.56. The van der Waals surface area contributed by atoms with Crippen LogP contribution in [-0.2, 0) is 0 Å². The van der Waals surface area contributed by atoms with Crippen molar-refractivity contribution in [2.45, 2.75) is 12.3 Å². The number of rotatable bonds is 7. The Labute approximate surface area is 163 Å². The van der Waals surface area contributed by atoms with Crippen molar-refractivity contribution >= 4 is 46.4 Å². The lowest BCUT2D eigenvalue weighted by Crippen LogP contribution is -2.29. The van der Waals surface area contributed by atoms with Crippen molar-refractivity contribution in [1.82, 2.24) is 5.32 Å². The number of nitriles is 1. The molecule has 0 radical (unpaired) electrons. The summed E-state index contributed by atoms with van der Waals surface area (Å²) in [5, 5.41) is 17.0. The van der Waals surface area contributed by atoms with Crippen LogP contribution in [0.3, 0.4) is 0 Å². The molecule has 130 valence electrons. The Kier molecular flexibility index (Phi) is 8.07. The molecule has 0 aliphatic rings. The third-order valence-corrected chi connectivity index (χ3v) is 4.91. The number of hydrogen-bond donors (Lipinski definition) is 2. The molecule has 2 rings (SSSR count). The molecule has 0 fully saturated rings. The van der Waals surface area contributed by atoms with E-state index >= 15 is 0 Å². The van der Waals surface area contributed by atoms with E-state index < -0.39 is 0 Å². The number of thioether (sulfide) groups is 1. The van der Waals surface area contributed by atoms with E-state index in [0.29, 0.717) is 10.1 Å². The standard InChI is InChI=1S/C19H20ClN3S2/c1-25-11-5-10-22-19(24)23-15-8-9-16(18(20)12-15)17(13-21)14-6-3-2-4-7-14/h2-4,6-9,12,17H,5,10-11H2,1H3,(H2,22,23,24)/t17-/m1/s1. The summed E-state index contributed by atoms with van der Waals surface area (Å²) in [6.45, 7) is 0.836. The predicted octanol–water partition coefficient (Wildman–Crippen LogP) is 5.03. The molecular weight excluding hydrogens is 370 g/mol. The summed E-state index contributed by atoms with van der Waals surface area (Å²) in [5.74, 6) is 0.713. The second-order valence-corrected chi connectivity index (χ2v) is 7.24. The van der Waals surface area contributed by atoms with Crippen LogP contribution < -0.4 is 10.6 Å². The van der Waals surface area contributed by atoms with Crippen LogP contribution in [-0.4, -0.2) is 23.7 Å². The monoisotopic (exact) mass is 389 g/mol. The van der Waals surface area contributed by atoms with Crippen LogP contribution in [0.1, 0.15) is 23.5 Å². The van der Waals surface area contributed by atoms with Crippen LogP contribution in [0.25, 0.3) is 0 Å². The van der Waals surface area contributed by atoms with Crippen LogP contribution in [0, 0.1) is 11.3 Å². The smallest absolute Gasteiger partial charge is 0.170 e. The first-order valence-electron chi connectivity index (χ1n) is 7.93. The van der Waals surface area contributed by atoms with Crippen LogP contribution in [0.2, 0.25) is 5.02 Å². The number of thiocarbonyl (C=S) groups is 1. The summed E-state index contributed by atoms with van der Waals surface area (Å²) < 4.78 is 0. The number of hydrogen-bond acceptors (Lipinski definition) is 3. The average Bonchev–Trinajstić information content (AvgIpc) is 2.62. The average molecular weight is 390 g/mol. The highest BCUT2D eigenvalue weighted by atomic mass is 35.5. The molecule has 0 amide bonds. The van der Waals surface area contributed by atoms with E-state index in [1.54, 1.807) is 6.07 Å². The molecule has 0 heterocycles. The molecule has 0 aromatic heterocycles. The van der Waals surface area contributed by atoms with E-state index in [4.69, 9.17) is 23.8 Å². The molecule has 0 saturated heterocycles. The van der Waals surface area contributed by atoms with Gasteiger partial charge in [0, 0.05) is 17.3 Å². The molecular formula is C19H20ClN3S2. The number of halogens is 1. The molecule has 3 nitrogen and oxygen atoms in total. The SMILES string of the molecule is CSCCCNC(=S)Nc1ccc([C@H](C#N)c2ccccc2)c(Cl)c1. The summed E-state index contributed by atoms with van der Waals surface area (Å²) in [6, 6.07) is 17.5. The molecule has 6 heteroatoms. The predicted molar refractivity (Wildman–Crippen MR) is 113 cm³/mol. The van der Waals surface area contributed by atoms with Gasteiger partial charge in [0.25, 0.3) is 0 Å². The zero-order valence-corrected chi connectivity index (χ0v) is 16.3. The van der Waals surface area contributed by atoms with Gasteiger partial charge >= 0.3 is 0 Å². The van der Waals surface area contributed by atoms with Gasteiger partial charge in [-0.1, -0.05) is 48.0 Å². The summed E-state index contributed by atoms with van der Waals surface area (Å²) >= 11 is 13.5. The zero-order valence-electron chi connectivity index (χ0n) is 14.0. The molecule has 2 N–H and O–H groups in total. The molecule has 0 unspecified atom stereocenters. The van der Waals surface area contributed by atoms with Gasteiger partial charge < -0.3 is 10.6 Å². The first kappa shape index (κ1) is 19.6. The van der Waals surface area contributed by atoms with E-state index in [1.165, 1.54) is 0 Å². The highest BCUT2D eigenvalue weighted by Crippen LogP contribution is 2.31. The Morgan fingerprint density at radius 2 is 2.04 bits per heavy atom. The number of benzene rings is 2. The van der Waals surface area contributed by atoms with Crippen molar-refractivity contribution in [3.63, 3.8) is 0 Å². The fourth-order valence-corrected chi connectivity index (χ4v) is 3.34. The highest BCUT2D eigenvalue weighted by Gasteiger charge is 2.16. The highest BCUT2D eigenvalue weighted by molar-refractivity contribution is 7.98. The maximum absolute atomic E-state index is 9.56. The van der Waals surface area contributed by atoms with E-state index in [2.05, 4.69) is 23.0 Å². The molecule has 25 heavy (non-hydrogen) atoms. The van der Waals surface area contributed by atoms with Crippen molar-refractivity contribution in [3.05, 3.63) is 64.7 Å². The van der Waals surface area contributed by atoms with Crippen molar-refractivity contribution in [2.75, 3.05) is 23.9 Å². The van der Waals surface area contributed by atoms with Gasteiger partial charge in [-0.25, -0.2) is 0 Å². The van der Waals surface area contributed by atoms with E-state index in [-0.39, 0.29) is 5.92 Å². The Morgan fingerprint density at radius 1 is 1.28 bits per heavy atom. The maximum Gasteiger partial charge on any atom is 0.170 e. The van der Waals surface area contributed by atoms with E-state index in [1.807, 2.05) is 54.2 Å². The summed E-state index contributed by atoms with van der Waals surface area (Å²) in [6.07, 6.45) is 3.15. The first-order chi connectivity index (χ1) is 12.2. The van der Waals surface area contributed by atoms with Gasteiger partial charge in [0.1, 0.15) is 0 Å². The van der Waals surface area contributed by atoms with Crippen LogP contribution in [0.4, 0.5) is 5.69 Å². The third kappa shape index (κ3) is 5.93. The lowest BCUT2D eigenvalue weighted by Gasteiger charge is -2.15. The molecule has 0 aliphatic heterocycles. The molecule has 1 atom stereocenters. The van der Waals surface area contributed by atoms with E-state index in [0.717, 1.165) is 35.5 Å². The summed E-state index contributed by atoms with van der Waals surface area (Å²) in [4.78, 5) is 0. The normalized spacial score (nSPS) is 11.4. The lowest BCUT2D eigenvalue weighted by atomic mass is 9.92. The third-order valence-electron chi connectivity index (χ3n) is 3.64. The van der Waals surface area contributed by atoms with Crippen molar-refractivity contribution < 1.29 is 0 Å². The summed E-state index contributed by atoms with van der Waals surface area (Å²) in [5.41, 5.74) is 2.53. The number of nitrogens with one attached hydrogen (secondary N) is 2. The fourth-order valence-electron chi connectivity index (χ4n) is 2.40. The van der Waals surface area contributed by atoms with Crippen LogP contribution in [0.15, 0.2) is 48.5 Å². The van der Waals surface area contributed by atoms with Gasteiger partial charge in [-0.3, -0.25) is 0 Å². The van der Waals surface area contributed by atoms with Gasteiger partial charge in [0.15, 0.2) is 5.11 Å². The Hall–Kier alpha value is -1.74. The quantitative estimate of drug-likeness (QED) is 0.513. The van der Waals surface area contributed by atoms with Gasteiger partial charge in [-0.15, -0.1) is 0 Å². The Balaban J connectivity index is 2.05. The molecule has 2 aromatic carbocycles. The van der Waals surface area contributed by atoms with Crippen molar-refractivity contribution in [2.24, 2.45) is 0 Å². The molecule has 2 aromatic rings. The van der Waals surface area contributed by atoms with Gasteiger partial charge in [-0.2, -0.15) is 17.0 Å². The Bertz CT molecular complexity index is 744. The van der Waals surface area contributed by atoms with Crippen LogP contribution in [0.5, 0.6) is 0 Å². The number of nitrogens with zero attached hydrogens (tertiary/aromatic N) is 1. The lowest BCUT2D eigenvalue weighted by molar-refractivity contribution is 0.855. The minimum absolute atomic E-state index is 0.389. The minimum Gasteiger partial charge on any atom is -0.362 e. The number of anilines is 1. The second kappa shape index (κ2) is 10.3. The zero-order chi connectivity index (χ0) is 18.1. The van der Waals surface area contributed by atoms with Crippen LogP contribution >= 0.6 is 35.6 Å². The Morgan fingerprint density at radius 3 is 2.68 bits per heavy atom. The molecule has 0 bridgehead atoms. The van der Waals surface area contributed by atoms with Gasteiger partial charge in [0.05, 0.1) is 12.0 Å². The second-order valence-electron chi connectivity index (χ2n) is 5.44. The topological polar surface area (TPSA) is 47.8 Å². The first-order valence-corrected chi connectivity index (χ1v) is 10.1.